The van der Waals surface area contributed by atoms with Gasteiger partial charge in [0.15, 0.2) is 0 Å². The lowest BCUT2D eigenvalue weighted by molar-refractivity contribution is 0.235. The number of hydrazine groups is 2. The van der Waals surface area contributed by atoms with Crippen LogP contribution in [-0.4, -0.2) is 37.1 Å². The Kier molecular flexibility index (Phi) is 6.67. The number of rotatable bonds is 6. The van der Waals surface area contributed by atoms with Crippen LogP contribution in [0, 0.1) is 0 Å². The van der Waals surface area contributed by atoms with E-state index in [0.717, 1.165) is 37.5 Å². The molecule has 0 bridgehead atoms. The average Bonchev–Trinajstić information content (AvgIpc) is 2.55. The van der Waals surface area contributed by atoms with Gasteiger partial charge in [0.05, 0.1) is 0 Å². The van der Waals surface area contributed by atoms with Crippen molar-refractivity contribution < 1.29 is 4.79 Å². The Balaban J connectivity index is 1.69. The van der Waals surface area contributed by atoms with Gasteiger partial charge in [-0.3, -0.25) is 15.8 Å². The van der Waals surface area contributed by atoms with Crippen molar-refractivity contribution in [1.29, 1.82) is 0 Å². The fourth-order valence-corrected chi connectivity index (χ4v) is 2.62. The summed E-state index contributed by atoms with van der Waals surface area (Å²) in [6, 6.07) is 7.56. The Hall–Kier alpha value is -1.60. The average molecular weight is 324 g/mol. The predicted molar refractivity (Wildman–Crippen MR) is 89.0 cm³/mol. The quantitative estimate of drug-likeness (QED) is 0.277. The van der Waals surface area contributed by atoms with E-state index in [1.807, 2.05) is 23.6 Å². The lowest BCUT2D eigenvalue weighted by atomic mass is 9.99. The van der Waals surface area contributed by atoms with Crippen LogP contribution >= 0.6 is 11.6 Å². The summed E-state index contributed by atoms with van der Waals surface area (Å²) in [5.74, 6) is 4.95. The third-order valence-corrected chi connectivity index (χ3v) is 3.83. The molecule has 120 valence electrons. The normalized spacial score (nSPS) is 15.3. The first-order valence-corrected chi connectivity index (χ1v) is 7.73. The minimum atomic E-state index is -0.438. The first-order chi connectivity index (χ1) is 10.7. The SMILES string of the molecule is NNC(=O)NNCCCN1CC=C(c2cccc(Cl)c2)CC1. The number of carbonyl (C=O) groups is 1. The van der Waals surface area contributed by atoms with Gasteiger partial charge in [0, 0.05) is 24.7 Å². The molecular weight excluding hydrogens is 302 g/mol. The minimum absolute atomic E-state index is 0.438. The number of nitrogens with zero attached hydrogens (tertiary/aromatic N) is 1. The van der Waals surface area contributed by atoms with E-state index in [2.05, 4.69) is 27.9 Å². The summed E-state index contributed by atoms with van der Waals surface area (Å²) < 4.78 is 0. The number of amides is 2. The third kappa shape index (κ3) is 5.31. The van der Waals surface area contributed by atoms with Crippen LogP contribution in [0.5, 0.6) is 0 Å². The molecule has 0 radical (unpaired) electrons. The van der Waals surface area contributed by atoms with E-state index in [0.29, 0.717) is 6.54 Å². The number of nitrogens with two attached hydrogens (primary N) is 1. The highest BCUT2D eigenvalue weighted by atomic mass is 35.5. The van der Waals surface area contributed by atoms with E-state index >= 15 is 0 Å². The molecule has 2 rings (SSSR count). The summed E-state index contributed by atoms with van der Waals surface area (Å²) in [4.78, 5) is 13.2. The molecule has 1 aliphatic heterocycles. The predicted octanol–water partition coefficient (Wildman–Crippen LogP) is 1.50. The molecule has 22 heavy (non-hydrogen) atoms. The van der Waals surface area contributed by atoms with Gasteiger partial charge in [0.1, 0.15) is 0 Å². The van der Waals surface area contributed by atoms with Gasteiger partial charge in [0.25, 0.3) is 0 Å². The van der Waals surface area contributed by atoms with Crippen LogP contribution in [0.25, 0.3) is 5.57 Å². The second-order valence-electron chi connectivity index (χ2n) is 5.17. The molecule has 0 spiro atoms. The zero-order valence-corrected chi connectivity index (χ0v) is 13.2. The summed E-state index contributed by atoms with van der Waals surface area (Å²) >= 11 is 6.04. The van der Waals surface area contributed by atoms with E-state index in [1.54, 1.807) is 0 Å². The maximum absolute atomic E-state index is 10.8. The Morgan fingerprint density at radius 3 is 2.95 bits per heavy atom. The van der Waals surface area contributed by atoms with E-state index in [-0.39, 0.29) is 0 Å². The van der Waals surface area contributed by atoms with Gasteiger partial charge >= 0.3 is 6.03 Å². The summed E-state index contributed by atoms with van der Waals surface area (Å²) in [5.41, 5.74) is 9.82. The van der Waals surface area contributed by atoms with E-state index in [9.17, 15) is 4.79 Å². The van der Waals surface area contributed by atoms with Crippen molar-refractivity contribution in [2.75, 3.05) is 26.2 Å². The lowest BCUT2D eigenvalue weighted by Crippen LogP contribution is -2.47. The molecule has 0 saturated heterocycles. The third-order valence-electron chi connectivity index (χ3n) is 3.60. The van der Waals surface area contributed by atoms with Gasteiger partial charge in [-0.25, -0.2) is 16.1 Å². The molecule has 1 heterocycles. The van der Waals surface area contributed by atoms with Crippen molar-refractivity contribution in [3.8, 4) is 0 Å². The molecule has 0 saturated carbocycles. The Morgan fingerprint density at radius 2 is 2.27 bits per heavy atom. The van der Waals surface area contributed by atoms with Crippen molar-refractivity contribution in [3.05, 3.63) is 40.9 Å². The summed E-state index contributed by atoms with van der Waals surface area (Å²) in [5, 5.41) is 0.779. The largest absolute Gasteiger partial charge is 0.343 e. The maximum atomic E-state index is 10.8. The number of urea groups is 1. The number of carbonyl (C=O) groups excluding carboxylic acids is 1. The van der Waals surface area contributed by atoms with Gasteiger partial charge in [-0.2, -0.15) is 0 Å². The highest BCUT2D eigenvalue weighted by Gasteiger charge is 2.12. The smallest absolute Gasteiger partial charge is 0.299 e. The van der Waals surface area contributed by atoms with Gasteiger partial charge in [-0.1, -0.05) is 29.8 Å². The molecule has 2 amide bonds. The van der Waals surface area contributed by atoms with Crippen molar-refractivity contribution in [2.45, 2.75) is 12.8 Å². The first kappa shape index (κ1) is 16.8. The van der Waals surface area contributed by atoms with Crippen molar-refractivity contribution in [1.82, 2.24) is 21.2 Å². The van der Waals surface area contributed by atoms with Crippen molar-refractivity contribution in [2.24, 2.45) is 5.84 Å². The standard InChI is InChI=1S/C15H22ClN5O/c16-14-4-1-3-13(11-14)12-5-9-21(10-6-12)8-2-7-18-20-15(22)19-17/h1,3-5,11,18H,2,6-10,17H2,(H2,19,20,22). The molecule has 1 aromatic carbocycles. The molecule has 5 N–H and O–H groups in total. The Labute approximate surface area is 135 Å². The molecule has 6 nitrogen and oxygen atoms in total. The summed E-state index contributed by atoms with van der Waals surface area (Å²) in [6.45, 7) is 3.67. The van der Waals surface area contributed by atoms with Crippen LogP contribution in [0.2, 0.25) is 5.02 Å². The maximum Gasteiger partial charge on any atom is 0.343 e. The van der Waals surface area contributed by atoms with Gasteiger partial charge in [-0.15, -0.1) is 0 Å². The van der Waals surface area contributed by atoms with Crippen molar-refractivity contribution in [3.63, 3.8) is 0 Å². The number of nitrogens with one attached hydrogen (secondary N) is 3. The molecule has 7 heteroatoms. The van der Waals surface area contributed by atoms with Crippen LogP contribution in [0.1, 0.15) is 18.4 Å². The van der Waals surface area contributed by atoms with E-state index in [1.165, 1.54) is 11.1 Å². The lowest BCUT2D eigenvalue weighted by Gasteiger charge is -2.26. The van der Waals surface area contributed by atoms with Crippen LogP contribution in [0.15, 0.2) is 30.3 Å². The molecule has 0 aromatic heterocycles. The van der Waals surface area contributed by atoms with E-state index < -0.39 is 6.03 Å². The molecule has 1 aliphatic rings. The number of halogens is 1. The van der Waals surface area contributed by atoms with Crippen molar-refractivity contribution >= 4 is 23.2 Å². The monoisotopic (exact) mass is 323 g/mol. The van der Waals surface area contributed by atoms with Crippen LogP contribution in [0.3, 0.4) is 0 Å². The molecule has 0 aliphatic carbocycles. The zero-order chi connectivity index (χ0) is 15.8. The van der Waals surface area contributed by atoms with Gasteiger partial charge in [0.2, 0.25) is 0 Å². The summed E-state index contributed by atoms with van der Waals surface area (Å²) in [7, 11) is 0. The highest BCUT2D eigenvalue weighted by Crippen LogP contribution is 2.24. The molecular formula is C15H22ClN5O. The van der Waals surface area contributed by atoms with Crippen LogP contribution in [-0.2, 0) is 0 Å². The number of benzene rings is 1. The van der Waals surface area contributed by atoms with Gasteiger partial charge in [-0.05, 0) is 42.7 Å². The van der Waals surface area contributed by atoms with Crippen LogP contribution < -0.4 is 22.1 Å². The minimum Gasteiger partial charge on any atom is -0.299 e. The number of hydrogen-bond acceptors (Lipinski definition) is 4. The van der Waals surface area contributed by atoms with E-state index in [4.69, 9.17) is 17.4 Å². The first-order valence-electron chi connectivity index (χ1n) is 7.36. The number of hydrogen-bond donors (Lipinski definition) is 4. The second kappa shape index (κ2) is 8.75. The molecule has 0 unspecified atom stereocenters. The second-order valence-corrected chi connectivity index (χ2v) is 5.61. The Bertz CT molecular complexity index is 534. The topological polar surface area (TPSA) is 82.4 Å². The Morgan fingerprint density at radius 1 is 1.41 bits per heavy atom. The van der Waals surface area contributed by atoms with Gasteiger partial charge < -0.3 is 0 Å². The zero-order valence-electron chi connectivity index (χ0n) is 12.4. The fraction of sp³-hybridized carbons (Fsp3) is 0.400. The fourth-order valence-electron chi connectivity index (χ4n) is 2.43. The molecule has 0 fully saturated rings. The highest BCUT2D eigenvalue weighted by molar-refractivity contribution is 6.30. The molecule has 1 aromatic rings. The molecule has 0 atom stereocenters. The van der Waals surface area contributed by atoms with Crippen LogP contribution in [0.4, 0.5) is 4.79 Å². The summed E-state index contributed by atoms with van der Waals surface area (Å²) in [6.07, 6.45) is 4.25.